The summed E-state index contributed by atoms with van der Waals surface area (Å²) in [7, 11) is 0. The van der Waals surface area contributed by atoms with Gasteiger partial charge in [0.15, 0.2) is 5.65 Å². The molecule has 31 heavy (non-hydrogen) atoms. The number of aromatic nitrogens is 3. The van der Waals surface area contributed by atoms with Gasteiger partial charge in [0, 0.05) is 36.3 Å². The molecule has 158 valence electrons. The van der Waals surface area contributed by atoms with Crippen molar-refractivity contribution in [2.24, 2.45) is 0 Å². The van der Waals surface area contributed by atoms with Crippen molar-refractivity contribution in [3.05, 3.63) is 72.5 Å². The molecule has 5 nitrogen and oxygen atoms in total. The minimum atomic E-state index is -0.253. The lowest BCUT2D eigenvalue weighted by Gasteiger charge is -2.26. The predicted molar refractivity (Wildman–Crippen MR) is 123 cm³/mol. The Morgan fingerprint density at radius 1 is 0.839 bits per heavy atom. The summed E-state index contributed by atoms with van der Waals surface area (Å²) in [5, 5.41) is 8.35. The summed E-state index contributed by atoms with van der Waals surface area (Å²) in [6, 6.07) is 20.6. The van der Waals surface area contributed by atoms with Crippen molar-refractivity contribution in [3.8, 4) is 22.5 Å². The number of nitrogens with zero attached hydrogens (tertiary/aromatic N) is 4. The Kier molecular flexibility index (Phi) is 5.63. The van der Waals surface area contributed by atoms with Crippen LogP contribution in [0.4, 0.5) is 10.2 Å². The first-order chi connectivity index (χ1) is 15.3. The van der Waals surface area contributed by atoms with E-state index in [1.54, 1.807) is 12.1 Å². The summed E-state index contributed by atoms with van der Waals surface area (Å²) in [4.78, 5) is 7.36. The van der Waals surface area contributed by atoms with Gasteiger partial charge in [0.05, 0.1) is 11.4 Å². The predicted octanol–water partition coefficient (Wildman–Crippen LogP) is 5.10. The Morgan fingerprint density at radius 3 is 2.35 bits per heavy atom. The van der Waals surface area contributed by atoms with Gasteiger partial charge in [0.1, 0.15) is 11.6 Å². The quantitative estimate of drug-likeness (QED) is 0.476. The molecule has 1 fully saturated rings. The van der Waals surface area contributed by atoms with Gasteiger partial charge in [0.2, 0.25) is 0 Å². The van der Waals surface area contributed by atoms with Crippen LogP contribution < -0.4 is 5.32 Å². The van der Waals surface area contributed by atoms with Crippen molar-refractivity contribution in [2.75, 3.05) is 31.5 Å². The summed E-state index contributed by atoms with van der Waals surface area (Å²) in [6.07, 6.45) is 3.92. The van der Waals surface area contributed by atoms with Crippen LogP contribution in [0.2, 0.25) is 0 Å². The molecule has 6 heteroatoms. The van der Waals surface area contributed by atoms with E-state index in [9.17, 15) is 4.39 Å². The highest BCUT2D eigenvalue weighted by molar-refractivity contribution is 5.70. The zero-order valence-corrected chi connectivity index (χ0v) is 17.5. The average molecular weight is 416 g/mol. The lowest BCUT2D eigenvalue weighted by Crippen LogP contribution is -2.33. The van der Waals surface area contributed by atoms with E-state index in [4.69, 9.17) is 10.1 Å². The molecule has 3 heterocycles. The Balaban J connectivity index is 1.48. The second-order valence-electron chi connectivity index (χ2n) is 8.03. The molecule has 4 aromatic rings. The van der Waals surface area contributed by atoms with Crippen molar-refractivity contribution in [1.29, 1.82) is 0 Å². The Morgan fingerprint density at radius 2 is 1.58 bits per heavy atom. The van der Waals surface area contributed by atoms with E-state index >= 15 is 0 Å². The van der Waals surface area contributed by atoms with Crippen molar-refractivity contribution in [3.63, 3.8) is 0 Å². The molecule has 2 aromatic heterocycles. The van der Waals surface area contributed by atoms with Crippen molar-refractivity contribution in [2.45, 2.75) is 19.3 Å². The number of benzene rings is 2. The van der Waals surface area contributed by atoms with E-state index < -0.39 is 0 Å². The Labute approximate surface area is 181 Å². The van der Waals surface area contributed by atoms with Crippen LogP contribution in [0.5, 0.6) is 0 Å². The van der Waals surface area contributed by atoms with E-state index in [0.717, 1.165) is 47.1 Å². The van der Waals surface area contributed by atoms with Gasteiger partial charge in [0.25, 0.3) is 0 Å². The topological polar surface area (TPSA) is 45.5 Å². The molecule has 1 N–H and O–H groups in total. The fourth-order valence-electron chi connectivity index (χ4n) is 4.14. The monoisotopic (exact) mass is 415 g/mol. The van der Waals surface area contributed by atoms with Crippen LogP contribution in [0.25, 0.3) is 28.2 Å². The molecule has 0 spiro atoms. The van der Waals surface area contributed by atoms with Crippen molar-refractivity contribution in [1.82, 2.24) is 19.5 Å². The van der Waals surface area contributed by atoms with Crippen LogP contribution in [-0.2, 0) is 0 Å². The van der Waals surface area contributed by atoms with Gasteiger partial charge in [-0.1, -0.05) is 36.8 Å². The maximum atomic E-state index is 13.4. The number of hydrogen-bond donors (Lipinski definition) is 1. The number of fused-ring (bicyclic) bond motifs is 1. The molecule has 0 saturated carbocycles. The van der Waals surface area contributed by atoms with Crippen LogP contribution in [0.15, 0.2) is 66.7 Å². The highest BCUT2D eigenvalue weighted by Crippen LogP contribution is 2.26. The minimum absolute atomic E-state index is 0.253. The highest BCUT2D eigenvalue weighted by Gasteiger charge is 2.13. The molecule has 0 bridgehead atoms. The lowest BCUT2D eigenvalue weighted by atomic mass is 10.1. The number of hydrogen-bond acceptors (Lipinski definition) is 4. The molecule has 5 rings (SSSR count). The van der Waals surface area contributed by atoms with E-state index in [-0.39, 0.29) is 5.82 Å². The number of piperidine rings is 1. The average Bonchev–Trinajstić information content (AvgIpc) is 3.25. The zero-order valence-electron chi connectivity index (χ0n) is 17.5. The lowest BCUT2D eigenvalue weighted by molar-refractivity contribution is 0.237. The first-order valence-corrected chi connectivity index (χ1v) is 10.9. The standard InChI is InChI=1S/C25H26FN5/c26-21-11-9-20(10-12-21)23-18-25-28-22(19-7-3-1-4-8-19)17-24(31(25)29-23)27-13-16-30-14-5-2-6-15-30/h1,3-4,7-12,17-18,27H,2,5-6,13-16H2. The van der Waals surface area contributed by atoms with Gasteiger partial charge in [-0.3, -0.25) is 0 Å². The molecule has 0 amide bonds. The van der Waals surface area contributed by atoms with Crippen LogP contribution in [0, 0.1) is 5.82 Å². The summed E-state index contributed by atoms with van der Waals surface area (Å²) in [5.41, 5.74) is 4.37. The highest BCUT2D eigenvalue weighted by atomic mass is 19.1. The van der Waals surface area contributed by atoms with Crippen molar-refractivity contribution < 1.29 is 4.39 Å². The maximum absolute atomic E-state index is 13.4. The van der Waals surface area contributed by atoms with Gasteiger partial charge < -0.3 is 10.2 Å². The van der Waals surface area contributed by atoms with Gasteiger partial charge >= 0.3 is 0 Å². The molecule has 1 aliphatic heterocycles. The summed E-state index contributed by atoms with van der Waals surface area (Å²) in [6.45, 7) is 4.22. The number of rotatable bonds is 6. The Hall–Kier alpha value is -3.25. The molecule has 0 unspecified atom stereocenters. The third-order valence-corrected chi connectivity index (χ3v) is 5.82. The molecule has 2 aromatic carbocycles. The van der Waals surface area contributed by atoms with Crippen molar-refractivity contribution >= 4 is 11.5 Å². The first kappa shape index (κ1) is 19.7. The summed E-state index contributed by atoms with van der Waals surface area (Å²) >= 11 is 0. The number of anilines is 1. The number of nitrogens with one attached hydrogen (secondary N) is 1. The van der Waals surface area contributed by atoms with Gasteiger partial charge in [-0.2, -0.15) is 9.61 Å². The SMILES string of the molecule is Fc1ccc(-c2cc3nc(-c4ccccc4)cc(NCCN4CCCCC4)n3n2)cc1. The van der Waals surface area contributed by atoms with E-state index in [2.05, 4.69) is 28.4 Å². The van der Waals surface area contributed by atoms with E-state index in [1.165, 1.54) is 44.5 Å². The molecule has 0 radical (unpaired) electrons. The minimum Gasteiger partial charge on any atom is -0.369 e. The second kappa shape index (κ2) is 8.86. The van der Waals surface area contributed by atoms with E-state index in [0.29, 0.717) is 0 Å². The molecule has 1 saturated heterocycles. The normalized spacial score (nSPS) is 14.7. The molecule has 1 aliphatic rings. The molecule has 0 aliphatic carbocycles. The zero-order chi connectivity index (χ0) is 21.0. The van der Waals surface area contributed by atoms with E-state index in [1.807, 2.05) is 28.8 Å². The maximum Gasteiger partial charge on any atom is 0.158 e. The number of halogens is 1. The summed E-state index contributed by atoms with van der Waals surface area (Å²) < 4.78 is 15.2. The largest absolute Gasteiger partial charge is 0.369 e. The number of likely N-dealkylation sites (tertiary alicyclic amines) is 1. The molecular weight excluding hydrogens is 389 g/mol. The van der Waals surface area contributed by atoms with Gasteiger partial charge in [-0.05, 0) is 50.2 Å². The van der Waals surface area contributed by atoms with Crippen LogP contribution in [0.3, 0.4) is 0 Å². The third kappa shape index (κ3) is 4.44. The van der Waals surface area contributed by atoms with Gasteiger partial charge in [-0.15, -0.1) is 0 Å². The first-order valence-electron chi connectivity index (χ1n) is 10.9. The van der Waals surface area contributed by atoms with Gasteiger partial charge in [-0.25, -0.2) is 9.37 Å². The van der Waals surface area contributed by atoms with Crippen LogP contribution >= 0.6 is 0 Å². The molecule has 0 atom stereocenters. The third-order valence-electron chi connectivity index (χ3n) is 5.82. The Bertz CT molecular complexity index is 1150. The second-order valence-corrected chi connectivity index (χ2v) is 8.03. The van der Waals surface area contributed by atoms with Crippen LogP contribution in [-0.4, -0.2) is 45.7 Å². The fraction of sp³-hybridized carbons (Fsp3) is 0.280. The fourth-order valence-corrected chi connectivity index (χ4v) is 4.14. The smallest absolute Gasteiger partial charge is 0.158 e. The summed E-state index contributed by atoms with van der Waals surface area (Å²) in [5.74, 6) is 0.659. The molecular formula is C25H26FN5. The van der Waals surface area contributed by atoms with Crippen LogP contribution in [0.1, 0.15) is 19.3 Å².